The molecule has 1 N–H and O–H groups in total. The number of ketones is 2. The molecule has 0 heterocycles. The summed E-state index contributed by atoms with van der Waals surface area (Å²) in [5.74, 6) is -0.199. The average Bonchev–Trinajstić information content (AvgIpc) is 2.71. The van der Waals surface area contributed by atoms with Crippen molar-refractivity contribution in [3.05, 3.63) is 83.9 Å². The summed E-state index contributed by atoms with van der Waals surface area (Å²) in [6, 6.07) is 18.7. The first-order valence-corrected chi connectivity index (χ1v) is 8.83. The summed E-state index contributed by atoms with van der Waals surface area (Å²) in [5.41, 5.74) is 1.60. The number of rotatable bonds is 7. The normalized spacial score (nSPS) is 11.3. The first kappa shape index (κ1) is 19.1. The number of carbonyl (C=O) groups is 2. The molecule has 0 aliphatic carbocycles. The number of fused-ring (bicyclic) bond motifs is 1. The smallest absolute Gasteiger partial charge is 0.163 e. The van der Waals surface area contributed by atoms with Crippen LogP contribution in [0.2, 0.25) is 0 Å². The molecule has 0 amide bonds. The molecule has 0 fully saturated rings. The summed E-state index contributed by atoms with van der Waals surface area (Å²) >= 11 is 0. The van der Waals surface area contributed by atoms with Crippen molar-refractivity contribution in [1.82, 2.24) is 0 Å². The van der Waals surface area contributed by atoms with Crippen molar-refractivity contribution >= 4 is 34.5 Å². The van der Waals surface area contributed by atoms with Crippen LogP contribution in [0.1, 0.15) is 17.5 Å². The molecule has 28 heavy (non-hydrogen) atoms. The third-order valence-corrected chi connectivity index (χ3v) is 4.25. The summed E-state index contributed by atoms with van der Waals surface area (Å²) < 4.78 is 5.03. The minimum atomic E-state index is -0.291. The van der Waals surface area contributed by atoms with E-state index >= 15 is 0 Å². The number of methoxy groups -OCH3 is 1. The van der Waals surface area contributed by atoms with Gasteiger partial charge in [-0.3, -0.25) is 9.59 Å². The van der Waals surface area contributed by atoms with E-state index in [-0.39, 0.29) is 23.7 Å². The zero-order chi connectivity index (χ0) is 19.9. The van der Waals surface area contributed by atoms with Gasteiger partial charge in [-0.2, -0.15) is 0 Å². The van der Waals surface area contributed by atoms with Crippen molar-refractivity contribution in [2.24, 2.45) is 0 Å². The number of hydrogen-bond donors (Lipinski definition) is 1. The second kappa shape index (κ2) is 8.82. The summed E-state index contributed by atoms with van der Waals surface area (Å²) in [7, 11) is 1.45. The Labute approximate surface area is 163 Å². The Kier molecular flexibility index (Phi) is 6.02. The molecule has 0 atom stereocenters. The van der Waals surface area contributed by atoms with Gasteiger partial charge in [0.25, 0.3) is 0 Å². The zero-order valence-electron chi connectivity index (χ0n) is 15.5. The summed E-state index contributed by atoms with van der Waals surface area (Å²) in [5, 5.41) is 11.8. The minimum absolute atomic E-state index is 0.0278. The number of allylic oxidation sites excluding steroid dienone is 2. The molecule has 0 aliphatic heterocycles. The van der Waals surface area contributed by atoms with Gasteiger partial charge in [0.2, 0.25) is 0 Å². The first-order chi connectivity index (χ1) is 13.5. The van der Waals surface area contributed by atoms with Gasteiger partial charge in [-0.15, -0.1) is 0 Å². The highest BCUT2D eigenvalue weighted by Crippen LogP contribution is 2.26. The van der Waals surface area contributed by atoms with E-state index in [0.29, 0.717) is 11.3 Å². The monoisotopic (exact) mass is 372 g/mol. The Morgan fingerprint density at radius 3 is 2.14 bits per heavy atom. The highest BCUT2D eigenvalue weighted by Gasteiger charge is 2.05. The van der Waals surface area contributed by atoms with Gasteiger partial charge < -0.3 is 9.84 Å². The predicted octanol–water partition coefficient (Wildman–Crippen LogP) is 4.81. The maximum Gasteiger partial charge on any atom is 0.163 e. The number of phenols is 1. The molecule has 0 aliphatic rings. The summed E-state index contributed by atoms with van der Waals surface area (Å²) in [4.78, 5) is 24.1. The fraction of sp³-hybridized carbons (Fsp3) is 0.0833. The molecule has 3 aromatic rings. The Bertz CT molecular complexity index is 1080. The molecule has 0 aromatic heterocycles. The highest BCUT2D eigenvalue weighted by molar-refractivity contribution is 6.11. The second-order valence-corrected chi connectivity index (χ2v) is 6.31. The van der Waals surface area contributed by atoms with Gasteiger partial charge in [-0.1, -0.05) is 54.6 Å². The van der Waals surface area contributed by atoms with E-state index in [1.54, 1.807) is 24.3 Å². The van der Waals surface area contributed by atoms with Gasteiger partial charge >= 0.3 is 0 Å². The van der Waals surface area contributed by atoms with E-state index in [1.165, 1.54) is 25.3 Å². The first-order valence-electron chi connectivity index (χ1n) is 8.83. The predicted molar refractivity (Wildman–Crippen MR) is 111 cm³/mol. The van der Waals surface area contributed by atoms with Gasteiger partial charge in [-0.05, 0) is 52.3 Å². The molecule has 0 bridgehead atoms. The number of phenolic OH excluding ortho intramolecular Hbond substituents is 1. The van der Waals surface area contributed by atoms with E-state index in [0.717, 1.165) is 16.3 Å². The fourth-order valence-electron chi connectivity index (χ4n) is 2.78. The maximum atomic E-state index is 12.1. The third-order valence-electron chi connectivity index (χ3n) is 4.25. The second-order valence-electron chi connectivity index (χ2n) is 6.31. The van der Waals surface area contributed by atoms with Crippen LogP contribution in [0.3, 0.4) is 0 Å². The van der Waals surface area contributed by atoms with Gasteiger partial charge in [0.15, 0.2) is 23.1 Å². The Hall–Kier alpha value is -3.66. The molecule has 0 spiro atoms. The molecule has 0 saturated heterocycles. The van der Waals surface area contributed by atoms with E-state index in [2.05, 4.69) is 0 Å². The lowest BCUT2D eigenvalue weighted by molar-refractivity contribution is -0.121. The van der Waals surface area contributed by atoms with E-state index in [9.17, 15) is 14.7 Å². The van der Waals surface area contributed by atoms with Crippen LogP contribution in [0.5, 0.6) is 11.5 Å². The molecular formula is C24H20O4. The minimum Gasteiger partial charge on any atom is -0.504 e. The Balaban J connectivity index is 1.60. The average molecular weight is 372 g/mol. The maximum absolute atomic E-state index is 12.1. The van der Waals surface area contributed by atoms with E-state index in [4.69, 9.17) is 4.74 Å². The van der Waals surface area contributed by atoms with E-state index in [1.807, 2.05) is 42.5 Å². The van der Waals surface area contributed by atoms with Crippen molar-refractivity contribution in [3.63, 3.8) is 0 Å². The number of carbonyl (C=O) groups excluding carboxylic acids is 2. The molecule has 0 radical (unpaired) electrons. The van der Waals surface area contributed by atoms with Gasteiger partial charge in [-0.25, -0.2) is 0 Å². The molecule has 0 saturated carbocycles. The van der Waals surface area contributed by atoms with Crippen LogP contribution >= 0.6 is 0 Å². The molecule has 0 unspecified atom stereocenters. The van der Waals surface area contributed by atoms with Crippen molar-refractivity contribution in [2.45, 2.75) is 6.42 Å². The van der Waals surface area contributed by atoms with Crippen LogP contribution < -0.4 is 4.74 Å². The Morgan fingerprint density at radius 1 is 0.857 bits per heavy atom. The third kappa shape index (κ3) is 4.95. The number of hydrogen-bond acceptors (Lipinski definition) is 4. The lowest BCUT2D eigenvalue weighted by Gasteiger charge is -2.03. The number of aromatic hydroxyl groups is 1. The van der Waals surface area contributed by atoms with Crippen LogP contribution in [-0.4, -0.2) is 23.8 Å². The zero-order valence-corrected chi connectivity index (χ0v) is 15.5. The molecule has 140 valence electrons. The molecule has 3 aromatic carbocycles. The van der Waals surface area contributed by atoms with Crippen molar-refractivity contribution in [1.29, 1.82) is 0 Å². The summed E-state index contributed by atoms with van der Waals surface area (Å²) in [6.07, 6.45) is 5.89. The fourth-order valence-corrected chi connectivity index (χ4v) is 2.78. The highest BCUT2D eigenvalue weighted by atomic mass is 16.5. The van der Waals surface area contributed by atoms with Gasteiger partial charge in [0.05, 0.1) is 13.5 Å². The van der Waals surface area contributed by atoms with Crippen LogP contribution in [0.4, 0.5) is 0 Å². The van der Waals surface area contributed by atoms with Crippen LogP contribution in [0, 0.1) is 0 Å². The SMILES string of the molecule is COc1cc(/C=C/C(=O)CC(=O)/C=C/c2ccc3ccccc3c2)ccc1O. The lowest BCUT2D eigenvalue weighted by Crippen LogP contribution is -2.01. The molecule has 4 nitrogen and oxygen atoms in total. The van der Waals surface area contributed by atoms with Crippen molar-refractivity contribution in [2.75, 3.05) is 7.11 Å². The standard InChI is InChI=1S/C24H20O4/c1-28-24-15-18(9-13-23(24)27)8-12-22(26)16-21(25)11-7-17-6-10-19-4-2-3-5-20(19)14-17/h2-15,27H,16H2,1H3/b11-7+,12-8+. The van der Waals surface area contributed by atoms with Crippen molar-refractivity contribution < 1.29 is 19.4 Å². The molecular weight excluding hydrogens is 352 g/mol. The van der Waals surface area contributed by atoms with Crippen LogP contribution in [-0.2, 0) is 9.59 Å². The van der Waals surface area contributed by atoms with Crippen LogP contribution in [0.15, 0.2) is 72.8 Å². The molecule has 3 rings (SSSR count). The summed E-state index contributed by atoms with van der Waals surface area (Å²) in [6.45, 7) is 0. The van der Waals surface area contributed by atoms with Crippen LogP contribution in [0.25, 0.3) is 22.9 Å². The number of ether oxygens (including phenoxy) is 1. The van der Waals surface area contributed by atoms with Gasteiger partial charge in [0.1, 0.15) is 0 Å². The topological polar surface area (TPSA) is 63.6 Å². The Morgan fingerprint density at radius 2 is 1.46 bits per heavy atom. The molecule has 4 heteroatoms. The van der Waals surface area contributed by atoms with Crippen molar-refractivity contribution in [3.8, 4) is 11.5 Å². The number of benzene rings is 3. The lowest BCUT2D eigenvalue weighted by atomic mass is 10.1. The van der Waals surface area contributed by atoms with Gasteiger partial charge in [0, 0.05) is 0 Å². The van der Waals surface area contributed by atoms with E-state index < -0.39 is 0 Å². The quantitative estimate of drug-likeness (QED) is 0.478. The largest absolute Gasteiger partial charge is 0.504 e.